The van der Waals surface area contributed by atoms with Gasteiger partial charge in [0, 0.05) is 34.0 Å². The molecule has 0 saturated heterocycles. The predicted molar refractivity (Wildman–Crippen MR) is 103 cm³/mol. The topological polar surface area (TPSA) is 89.2 Å². The molecule has 1 heterocycles. The largest absolute Gasteiger partial charge is 0.351 e. The molecule has 0 unspecified atom stereocenters. The van der Waals surface area contributed by atoms with Crippen molar-refractivity contribution in [3.8, 4) is 5.69 Å². The van der Waals surface area contributed by atoms with Crippen LogP contribution in [0.5, 0.6) is 0 Å². The minimum absolute atomic E-state index is 0.228. The number of nitrogens with two attached hydrogens (primary N) is 1. The third-order valence-corrected chi connectivity index (χ3v) is 4.05. The molecule has 6 nitrogen and oxygen atoms in total. The maximum Gasteiger partial charge on any atom is 0.316 e. The van der Waals surface area contributed by atoms with Gasteiger partial charge in [-0.2, -0.15) is 0 Å². The fourth-order valence-electron chi connectivity index (χ4n) is 2.86. The summed E-state index contributed by atoms with van der Waals surface area (Å²) in [7, 11) is 0. The Morgan fingerprint density at radius 1 is 0.846 bits per heavy atom. The molecule has 132 valence electrons. The lowest BCUT2D eigenvalue weighted by Crippen LogP contribution is -2.19. The highest BCUT2D eigenvalue weighted by Gasteiger charge is 2.09. The summed E-state index contributed by atoms with van der Waals surface area (Å²) in [5.74, 6) is -0.228. The number of hydrogen-bond acceptors (Lipinski definition) is 2. The summed E-state index contributed by atoms with van der Waals surface area (Å²) >= 11 is 0. The lowest BCUT2D eigenvalue weighted by Gasteiger charge is -2.11. The zero-order valence-electron chi connectivity index (χ0n) is 14.6. The summed E-state index contributed by atoms with van der Waals surface area (Å²) < 4.78 is 2.13. The number of nitrogens with zero attached hydrogens (tertiary/aromatic N) is 1. The quantitative estimate of drug-likeness (QED) is 0.669. The van der Waals surface area contributed by atoms with Crippen molar-refractivity contribution in [1.29, 1.82) is 0 Å². The molecule has 0 radical (unpaired) electrons. The molecule has 2 aromatic carbocycles. The molecule has 0 bridgehead atoms. The number of anilines is 2. The molecule has 0 atom stereocenters. The molecule has 0 aliphatic carbocycles. The van der Waals surface area contributed by atoms with Crippen molar-refractivity contribution in [1.82, 2.24) is 4.57 Å². The number of carbonyl (C=O) groups excluding carboxylic acids is 2. The van der Waals surface area contributed by atoms with Crippen molar-refractivity contribution in [2.24, 2.45) is 5.73 Å². The van der Waals surface area contributed by atoms with Gasteiger partial charge >= 0.3 is 6.03 Å². The van der Waals surface area contributed by atoms with Gasteiger partial charge < -0.3 is 20.9 Å². The average molecular weight is 348 g/mol. The first-order valence-electron chi connectivity index (χ1n) is 8.17. The summed E-state index contributed by atoms with van der Waals surface area (Å²) in [6, 6.07) is 17.7. The highest BCUT2D eigenvalue weighted by atomic mass is 16.2. The number of aromatic nitrogens is 1. The van der Waals surface area contributed by atoms with Gasteiger partial charge in [0.15, 0.2) is 0 Å². The van der Waals surface area contributed by atoms with E-state index in [0.717, 1.165) is 17.1 Å². The van der Waals surface area contributed by atoms with Crippen LogP contribution in [0.15, 0.2) is 60.7 Å². The van der Waals surface area contributed by atoms with Crippen LogP contribution in [0.2, 0.25) is 0 Å². The van der Waals surface area contributed by atoms with Crippen molar-refractivity contribution in [2.45, 2.75) is 13.8 Å². The summed E-state index contributed by atoms with van der Waals surface area (Å²) in [4.78, 5) is 23.4. The lowest BCUT2D eigenvalue weighted by molar-refractivity contribution is 0.102. The second kappa shape index (κ2) is 7.14. The van der Waals surface area contributed by atoms with Gasteiger partial charge in [0.25, 0.3) is 5.91 Å². The second-order valence-electron chi connectivity index (χ2n) is 6.02. The van der Waals surface area contributed by atoms with Crippen molar-refractivity contribution in [3.63, 3.8) is 0 Å². The van der Waals surface area contributed by atoms with Crippen molar-refractivity contribution < 1.29 is 9.59 Å². The van der Waals surface area contributed by atoms with Crippen LogP contribution in [0, 0.1) is 13.8 Å². The summed E-state index contributed by atoms with van der Waals surface area (Å²) in [5.41, 5.74) is 10.0. The van der Waals surface area contributed by atoms with Crippen molar-refractivity contribution >= 4 is 23.3 Å². The highest BCUT2D eigenvalue weighted by Crippen LogP contribution is 2.19. The zero-order chi connectivity index (χ0) is 18.7. The van der Waals surface area contributed by atoms with E-state index in [4.69, 9.17) is 5.73 Å². The molecule has 4 N–H and O–H groups in total. The molecule has 0 aliphatic rings. The number of hydrogen-bond donors (Lipinski definition) is 3. The van der Waals surface area contributed by atoms with E-state index < -0.39 is 6.03 Å². The van der Waals surface area contributed by atoms with Crippen molar-refractivity contribution in [2.75, 3.05) is 10.6 Å². The van der Waals surface area contributed by atoms with Gasteiger partial charge in [-0.25, -0.2) is 4.79 Å². The summed E-state index contributed by atoms with van der Waals surface area (Å²) in [5, 5.41) is 5.29. The number of primary amides is 1. The Hall–Kier alpha value is -3.54. The van der Waals surface area contributed by atoms with Crippen LogP contribution in [-0.2, 0) is 0 Å². The van der Waals surface area contributed by atoms with E-state index in [2.05, 4.69) is 27.3 Å². The fourth-order valence-corrected chi connectivity index (χ4v) is 2.86. The van der Waals surface area contributed by atoms with E-state index in [-0.39, 0.29) is 5.91 Å². The minimum atomic E-state index is -0.653. The Bertz CT molecular complexity index is 939. The number of carbonyl (C=O) groups is 2. The first-order valence-corrected chi connectivity index (χ1v) is 8.17. The molecule has 0 fully saturated rings. The lowest BCUT2D eigenvalue weighted by atomic mass is 10.1. The Kier molecular flexibility index (Phi) is 4.75. The number of aryl methyl sites for hydroxylation is 2. The van der Waals surface area contributed by atoms with Crippen LogP contribution in [0.4, 0.5) is 16.2 Å². The number of nitrogens with one attached hydrogen (secondary N) is 2. The third kappa shape index (κ3) is 3.75. The van der Waals surface area contributed by atoms with Crippen LogP contribution >= 0.6 is 0 Å². The number of urea groups is 1. The van der Waals surface area contributed by atoms with Gasteiger partial charge in [-0.15, -0.1) is 0 Å². The van der Waals surface area contributed by atoms with Crippen LogP contribution in [0.3, 0.4) is 0 Å². The Morgan fingerprint density at radius 2 is 1.42 bits per heavy atom. The van der Waals surface area contributed by atoms with Gasteiger partial charge in [0.1, 0.15) is 0 Å². The number of benzene rings is 2. The maximum atomic E-state index is 12.4. The first-order chi connectivity index (χ1) is 12.4. The van der Waals surface area contributed by atoms with Crippen LogP contribution < -0.4 is 16.4 Å². The maximum absolute atomic E-state index is 12.4. The molecular weight excluding hydrogens is 328 g/mol. The predicted octanol–water partition coefficient (Wildman–Crippen LogP) is 3.84. The van der Waals surface area contributed by atoms with E-state index in [0.29, 0.717) is 16.9 Å². The second-order valence-corrected chi connectivity index (χ2v) is 6.02. The van der Waals surface area contributed by atoms with Crippen molar-refractivity contribution in [3.05, 3.63) is 77.6 Å². The molecule has 6 heteroatoms. The van der Waals surface area contributed by atoms with Gasteiger partial charge in [-0.05, 0) is 68.4 Å². The molecule has 26 heavy (non-hydrogen) atoms. The van der Waals surface area contributed by atoms with Gasteiger partial charge in [0.05, 0.1) is 0 Å². The Labute approximate surface area is 151 Å². The zero-order valence-corrected chi connectivity index (χ0v) is 14.6. The molecule has 3 rings (SSSR count). The van der Waals surface area contributed by atoms with Gasteiger partial charge in [0.2, 0.25) is 0 Å². The molecular formula is C20H20N4O2. The summed E-state index contributed by atoms with van der Waals surface area (Å²) in [6.45, 7) is 4.08. The van der Waals surface area contributed by atoms with E-state index in [1.165, 1.54) is 0 Å². The van der Waals surface area contributed by atoms with Gasteiger partial charge in [-0.1, -0.05) is 6.07 Å². The smallest absolute Gasteiger partial charge is 0.316 e. The fraction of sp³-hybridized carbons (Fsp3) is 0.100. The highest BCUT2D eigenvalue weighted by molar-refractivity contribution is 6.04. The number of amides is 3. The van der Waals surface area contributed by atoms with E-state index >= 15 is 0 Å². The molecule has 0 spiro atoms. The average Bonchev–Trinajstić information content (AvgIpc) is 2.93. The van der Waals surface area contributed by atoms with Crippen LogP contribution in [0.1, 0.15) is 21.7 Å². The standard InChI is InChI=1S/C20H20N4O2/c1-13-6-7-14(2)24(13)18-10-8-15(9-11-18)19(25)22-16-4-3-5-17(12-16)23-20(21)26/h3-12H,1-2H3,(H,22,25)(H3,21,23,26). The van der Waals surface area contributed by atoms with E-state index in [9.17, 15) is 9.59 Å². The molecule has 3 amide bonds. The molecule has 0 saturated carbocycles. The monoisotopic (exact) mass is 348 g/mol. The van der Waals surface area contributed by atoms with Gasteiger partial charge in [-0.3, -0.25) is 4.79 Å². The van der Waals surface area contributed by atoms with Crippen LogP contribution in [-0.4, -0.2) is 16.5 Å². The first kappa shape index (κ1) is 17.3. The Morgan fingerprint density at radius 3 is 2.00 bits per heavy atom. The molecule has 1 aromatic heterocycles. The molecule has 3 aromatic rings. The summed E-state index contributed by atoms with van der Waals surface area (Å²) in [6.07, 6.45) is 0. The Balaban J connectivity index is 1.76. The number of rotatable bonds is 4. The SMILES string of the molecule is Cc1ccc(C)n1-c1ccc(C(=O)Nc2cccc(NC(N)=O)c2)cc1. The van der Waals surface area contributed by atoms with Crippen LogP contribution in [0.25, 0.3) is 5.69 Å². The molecule has 0 aliphatic heterocycles. The van der Waals surface area contributed by atoms with E-state index in [1.807, 2.05) is 26.0 Å². The van der Waals surface area contributed by atoms with E-state index in [1.54, 1.807) is 36.4 Å². The minimum Gasteiger partial charge on any atom is -0.351 e. The third-order valence-electron chi connectivity index (χ3n) is 4.05. The normalized spacial score (nSPS) is 10.4.